The summed E-state index contributed by atoms with van der Waals surface area (Å²) >= 11 is 0.997. The van der Waals surface area contributed by atoms with E-state index in [2.05, 4.69) is 23.2 Å². The van der Waals surface area contributed by atoms with Gasteiger partial charge in [0.1, 0.15) is 5.82 Å². The Labute approximate surface area is 99.4 Å². The summed E-state index contributed by atoms with van der Waals surface area (Å²) in [4.78, 5) is 13.8. The Morgan fingerprint density at radius 3 is 2.56 bits per heavy atom. The number of aromatic amines is 1. The van der Waals surface area contributed by atoms with Crippen molar-refractivity contribution >= 4 is 11.5 Å². The number of nitrogens with one attached hydrogen (secondary N) is 1. The maximum absolute atomic E-state index is 11.1. The van der Waals surface area contributed by atoms with E-state index >= 15 is 0 Å². The Morgan fingerprint density at radius 1 is 1.50 bits per heavy atom. The molecule has 1 heterocycles. The average Bonchev–Trinajstić information content (AvgIpc) is 2.74. The van der Waals surface area contributed by atoms with Gasteiger partial charge in [0.2, 0.25) is 0 Å². The average molecular weight is 241 g/mol. The third-order valence-electron chi connectivity index (χ3n) is 3.94. The first-order valence-electron chi connectivity index (χ1n) is 5.79. The molecule has 5 heteroatoms. The lowest BCUT2D eigenvalue weighted by Crippen LogP contribution is -2.31. The molecule has 1 aromatic rings. The molecule has 90 valence electrons. The van der Waals surface area contributed by atoms with Crippen LogP contribution in [0.25, 0.3) is 0 Å². The summed E-state index contributed by atoms with van der Waals surface area (Å²) in [7, 11) is 0. The molecule has 0 unspecified atom stereocenters. The van der Waals surface area contributed by atoms with Gasteiger partial charge < -0.3 is 5.73 Å². The van der Waals surface area contributed by atoms with E-state index < -0.39 is 0 Å². The Kier molecular flexibility index (Phi) is 3.17. The molecule has 0 amide bonds. The van der Waals surface area contributed by atoms with Crippen LogP contribution in [-0.4, -0.2) is 15.9 Å². The fraction of sp³-hybridized carbons (Fsp3) is 0.818. The zero-order chi connectivity index (χ0) is 11.8. The molecule has 16 heavy (non-hydrogen) atoms. The predicted octanol–water partition coefficient (Wildman–Crippen LogP) is 1.39. The molecule has 0 bridgehead atoms. The fourth-order valence-electron chi connectivity index (χ4n) is 2.93. The molecule has 0 radical (unpaired) electrons. The second-order valence-corrected chi connectivity index (χ2v) is 6.02. The second kappa shape index (κ2) is 4.30. The first-order valence-corrected chi connectivity index (χ1v) is 6.57. The van der Waals surface area contributed by atoms with Crippen LogP contribution in [0.3, 0.4) is 0 Å². The topological polar surface area (TPSA) is 71.8 Å². The minimum atomic E-state index is -0.0683. The highest BCUT2D eigenvalue weighted by molar-refractivity contribution is 7.02. The highest BCUT2D eigenvalue weighted by Gasteiger charge is 2.41. The van der Waals surface area contributed by atoms with Gasteiger partial charge in [-0.2, -0.15) is 4.37 Å². The quantitative estimate of drug-likeness (QED) is 0.840. The minimum Gasteiger partial charge on any atom is -0.330 e. The van der Waals surface area contributed by atoms with Gasteiger partial charge in [-0.15, -0.1) is 0 Å². The van der Waals surface area contributed by atoms with Crippen LogP contribution in [-0.2, 0) is 6.42 Å². The van der Waals surface area contributed by atoms with Crippen LogP contribution in [0.4, 0.5) is 0 Å². The van der Waals surface area contributed by atoms with E-state index in [1.54, 1.807) is 0 Å². The number of hydrogen-bond donors (Lipinski definition) is 2. The predicted molar refractivity (Wildman–Crippen MR) is 65.5 cm³/mol. The summed E-state index contributed by atoms with van der Waals surface area (Å²) < 4.78 is 4.14. The standard InChI is InChI=1S/C11H19N3OS/c1-7-3-11(6-12,4-8(7)2)5-9-13-10(15)16-14-9/h7-8H,3-6,12H2,1-2H3,(H,13,14,15)/t7-,8+,11-. The van der Waals surface area contributed by atoms with Crippen LogP contribution < -0.4 is 10.6 Å². The van der Waals surface area contributed by atoms with Gasteiger partial charge in [-0.25, -0.2) is 0 Å². The van der Waals surface area contributed by atoms with Crippen molar-refractivity contribution in [1.29, 1.82) is 0 Å². The molecule has 3 N–H and O–H groups in total. The normalized spacial score (nSPS) is 34.4. The van der Waals surface area contributed by atoms with Crippen LogP contribution in [0.5, 0.6) is 0 Å². The Hall–Kier alpha value is -0.680. The van der Waals surface area contributed by atoms with E-state index in [0.717, 1.165) is 36.6 Å². The Balaban J connectivity index is 2.14. The SMILES string of the molecule is C[C@@H]1C[C@](CN)(Cc2nsc(=O)[nH]2)C[C@@H]1C. The van der Waals surface area contributed by atoms with E-state index in [0.29, 0.717) is 18.4 Å². The summed E-state index contributed by atoms with van der Waals surface area (Å²) in [5, 5.41) is 0. The molecule has 0 aliphatic heterocycles. The monoisotopic (exact) mass is 241 g/mol. The molecular weight excluding hydrogens is 222 g/mol. The van der Waals surface area contributed by atoms with E-state index in [1.807, 2.05) is 0 Å². The zero-order valence-corrected chi connectivity index (χ0v) is 10.6. The van der Waals surface area contributed by atoms with Gasteiger partial charge in [0.15, 0.2) is 0 Å². The third kappa shape index (κ3) is 2.20. The molecule has 3 atom stereocenters. The number of nitrogens with two attached hydrogens (primary N) is 1. The molecule has 0 spiro atoms. The maximum Gasteiger partial charge on any atom is 0.323 e. The van der Waals surface area contributed by atoms with Gasteiger partial charge in [-0.3, -0.25) is 9.78 Å². The Morgan fingerprint density at radius 2 is 2.12 bits per heavy atom. The molecule has 2 rings (SSSR count). The van der Waals surface area contributed by atoms with Gasteiger partial charge >= 0.3 is 4.87 Å². The molecule has 1 saturated carbocycles. The molecule has 1 aromatic heterocycles. The van der Waals surface area contributed by atoms with Crippen LogP contribution in [0.1, 0.15) is 32.5 Å². The van der Waals surface area contributed by atoms with Gasteiger partial charge in [-0.05, 0) is 36.6 Å². The van der Waals surface area contributed by atoms with Crippen molar-refractivity contribution in [2.24, 2.45) is 23.0 Å². The number of hydrogen-bond acceptors (Lipinski definition) is 4. The van der Waals surface area contributed by atoms with Crippen LogP contribution in [0.2, 0.25) is 0 Å². The molecule has 0 saturated heterocycles. The van der Waals surface area contributed by atoms with Crippen molar-refractivity contribution in [3.8, 4) is 0 Å². The van der Waals surface area contributed by atoms with Crippen molar-refractivity contribution in [2.45, 2.75) is 33.1 Å². The Bertz CT molecular complexity index is 401. The fourth-order valence-corrected chi connectivity index (χ4v) is 3.39. The first kappa shape index (κ1) is 11.8. The van der Waals surface area contributed by atoms with Crippen molar-refractivity contribution in [3.05, 3.63) is 15.5 Å². The van der Waals surface area contributed by atoms with E-state index in [4.69, 9.17) is 5.73 Å². The van der Waals surface area contributed by atoms with Gasteiger partial charge in [-0.1, -0.05) is 13.8 Å². The van der Waals surface area contributed by atoms with Crippen molar-refractivity contribution in [3.63, 3.8) is 0 Å². The second-order valence-electron chi connectivity index (χ2n) is 5.29. The summed E-state index contributed by atoms with van der Waals surface area (Å²) in [6.45, 7) is 5.25. The lowest BCUT2D eigenvalue weighted by molar-refractivity contribution is 0.286. The largest absolute Gasteiger partial charge is 0.330 e. The minimum absolute atomic E-state index is 0.0683. The number of nitrogens with zero attached hydrogens (tertiary/aromatic N) is 1. The number of H-pyrrole nitrogens is 1. The summed E-state index contributed by atoms with van der Waals surface area (Å²) in [6.07, 6.45) is 3.10. The highest BCUT2D eigenvalue weighted by Crippen LogP contribution is 2.46. The van der Waals surface area contributed by atoms with Crippen molar-refractivity contribution in [2.75, 3.05) is 6.54 Å². The van der Waals surface area contributed by atoms with Crippen LogP contribution in [0, 0.1) is 17.3 Å². The molecule has 1 fully saturated rings. The van der Waals surface area contributed by atoms with Crippen molar-refractivity contribution < 1.29 is 0 Å². The summed E-state index contributed by atoms with van der Waals surface area (Å²) in [6, 6.07) is 0. The van der Waals surface area contributed by atoms with E-state index in [1.165, 1.54) is 0 Å². The van der Waals surface area contributed by atoms with Crippen LogP contribution in [0.15, 0.2) is 4.79 Å². The molecule has 0 aromatic carbocycles. The third-order valence-corrected chi connectivity index (χ3v) is 4.52. The van der Waals surface area contributed by atoms with Gasteiger partial charge in [0, 0.05) is 18.0 Å². The lowest BCUT2D eigenvalue weighted by Gasteiger charge is -2.26. The first-order chi connectivity index (χ1) is 7.54. The number of rotatable bonds is 3. The summed E-state index contributed by atoms with van der Waals surface area (Å²) in [5.74, 6) is 2.24. The zero-order valence-electron chi connectivity index (χ0n) is 9.82. The molecular formula is C11H19N3OS. The van der Waals surface area contributed by atoms with Gasteiger partial charge in [0.25, 0.3) is 0 Å². The van der Waals surface area contributed by atoms with E-state index in [-0.39, 0.29) is 10.3 Å². The molecule has 1 aliphatic rings. The lowest BCUT2D eigenvalue weighted by atomic mass is 9.81. The summed E-state index contributed by atoms with van der Waals surface area (Å²) in [5.41, 5.74) is 6.08. The molecule has 1 aliphatic carbocycles. The van der Waals surface area contributed by atoms with E-state index in [9.17, 15) is 4.79 Å². The van der Waals surface area contributed by atoms with Gasteiger partial charge in [0.05, 0.1) is 0 Å². The van der Waals surface area contributed by atoms with Crippen LogP contribution >= 0.6 is 11.5 Å². The van der Waals surface area contributed by atoms with Crippen molar-refractivity contribution in [1.82, 2.24) is 9.36 Å². The number of aromatic nitrogens is 2. The maximum atomic E-state index is 11.1. The highest BCUT2D eigenvalue weighted by atomic mass is 32.1. The smallest absolute Gasteiger partial charge is 0.323 e. The molecule has 4 nitrogen and oxygen atoms in total.